The zero-order valence-corrected chi connectivity index (χ0v) is 9.17. The van der Waals surface area contributed by atoms with E-state index in [1.165, 1.54) is 0 Å². The molecule has 0 saturated carbocycles. The monoisotopic (exact) mass is 221 g/mol. The number of nitrogens with zero attached hydrogens (tertiary/aromatic N) is 1. The van der Waals surface area contributed by atoms with Crippen molar-refractivity contribution < 1.29 is 9.90 Å². The number of nitriles is 1. The van der Waals surface area contributed by atoms with E-state index in [1.807, 2.05) is 19.1 Å². The summed E-state index contributed by atoms with van der Waals surface area (Å²) >= 11 is 1.56. The Kier molecular flexibility index (Phi) is 4.19. The van der Waals surface area contributed by atoms with Crippen molar-refractivity contribution in [2.45, 2.75) is 18.2 Å². The third-order valence-corrected chi connectivity index (χ3v) is 2.86. The van der Waals surface area contributed by atoms with Crippen molar-refractivity contribution in [2.75, 3.05) is 5.75 Å². The Morgan fingerprint density at radius 2 is 2.33 bits per heavy atom. The molecule has 0 bridgehead atoms. The topological polar surface area (TPSA) is 61.1 Å². The Balaban J connectivity index is 3.15. The van der Waals surface area contributed by atoms with Gasteiger partial charge < -0.3 is 5.11 Å². The molecule has 3 nitrogen and oxygen atoms in total. The van der Waals surface area contributed by atoms with Crippen LogP contribution in [0.3, 0.4) is 0 Å². The van der Waals surface area contributed by atoms with Crippen LogP contribution >= 0.6 is 11.8 Å². The van der Waals surface area contributed by atoms with Crippen molar-refractivity contribution in [2.24, 2.45) is 0 Å². The molecule has 1 aromatic carbocycles. The van der Waals surface area contributed by atoms with Crippen molar-refractivity contribution in [1.29, 1.82) is 5.26 Å². The molecule has 0 atom stereocenters. The fourth-order valence-electron chi connectivity index (χ4n) is 1.29. The highest BCUT2D eigenvalue weighted by molar-refractivity contribution is 7.99. The maximum atomic E-state index is 10.7. The molecule has 0 aromatic heterocycles. The molecule has 15 heavy (non-hydrogen) atoms. The summed E-state index contributed by atoms with van der Waals surface area (Å²) in [7, 11) is 0. The zero-order chi connectivity index (χ0) is 11.3. The van der Waals surface area contributed by atoms with Crippen molar-refractivity contribution in [1.82, 2.24) is 0 Å². The van der Waals surface area contributed by atoms with E-state index in [9.17, 15) is 4.79 Å². The molecule has 0 aliphatic heterocycles. The average molecular weight is 221 g/mol. The molecule has 0 radical (unpaired) electrons. The molecule has 0 heterocycles. The Hall–Kier alpha value is -1.47. The van der Waals surface area contributed by atoms with E-state index < -0.39 is 5.97 Å². The lowest BCUT2D eigenvalue weighted by Crippen LogP contribution is -2.04. The molecule has 0 fully saturated rings. The minimum absolute atomic E-state index is 0.0912. The predicted octanol–water partition coefficient (Wildman–Crippen LogP) is 2.30. The Morgan fingerprint density at radius 3 is 2.87 bits per heavy atom. The smallest absolute Gasteiger partial charge is 0.307 e. The summed E-state index contributed by atoms with van der Waals surface area (Å²) in [5.74, 6) is -0.0442. The van der Waals surface area contributed by atoms with Crippen molar-refractivity contribution >= 4 is 17.7 Å². The first kappa shape index (κ1) is 11.6. The van der Waals surface area contributed by atoms with Gasteiger partial charge in [0.05, 0.1) is 18.1 Å². The summed E-state index contributed by atoms with van der Waals surface area (Å²) < 4.78 is 0. The van der Waals surface area contributed by atoms with Gasteiger partial charge in [-0.05, 0) is 23.4 Å². The van der Waals surface area contributed by atoms with Gasteiger partial charge in [0, 0.05) is 4.90 Å². The minimum Gasteiger partial charge on any atom is -0.481 e. The first-order valence-electron chi connectivity index (χ1n) is 4.55. The third-order valence-electron chi connectivity index (χ3n) is 1.88. The number of hydrogen-bond acceptors (Lipinski definition) is 3. The Bertz CT molecular complexity index is 410. The van der Waals surface area contributed by atoms with E-state index in [0.29, 0.717) is 11.1 Å². The van der Waals surface area contributed by atoms with Crippen LogP contribution in [-0.2, 0) is 11.2 Å². The highest BCUT2D eigenvalue weighted by Crippen LogP contribution is 2.25. The number of carbonyl (C=O) groups is 1. The van der Waals surface area contributed by atoms with Gasteiger partial charge in [0.1, 0.15) is 0 Å². The van der Waals surface area contributed by atoms with Crippen LogP contribution in [0.4, 0.5) is 0 Å². The second kappa shape index (κ2) is 5.42. The normalized spacial score (nSPS) is 9.60. The largest absolute Gasteiger partial charge is 0.481 e. The molecule has 0 aliphatic rings. The fraction of sp³-hybridized carbons (Fsp3) is 0.273. The van der Waals surface area contributed by atoms with Gasteiger partial charge in [-0.2, -0.15) is 5.26 Å². The Labute approximate surface area is 92.7 Å². The number of rotatable bonds is 4. The summed E-state index contributed by atoms with van der Waals surface area (Å²) in [6.07, 6.45) is -0.0912. The minimum atomic E-state index is -0.907. The fourth-order valence-corrected chi connectivity index (χ4v) is 2.14. The van der Waals surface area contributed by atoms with Gasteiger partial charge in [-0.1, -0.05) is 13.0 Å². The van der Waals surface area contributed by atoms with Gasteiger partial charge in [-0.15, -0.1) is 11.8 Å². The van der Waals surface area contributed by atoms with Crippen LogP contribution in [-0.4, -0.2) is 16.8 Å². The number of carboxylic acid groups (broad SMARTS) is 1. The van der Waals surface area contributed by atoms with Crippen molar-refractivity contribution in [3.63, 3.8) is 0 Å². The summed E-state index contributed by atoms with van der Waals surface area (Å²) in [6.45, 7) is 1.99. The maximum Gasteiger partial charge on any atom is 0.307 e. The second-order valence-corrected chi connectivity index (χ2v) is 4.20. The summed E-state index contributed by atoms with van der Waals surface area (Å²) in [4.78, 5) is 11.6. The summed E-state index contributed by atoms with van der Waals surface area (Å²) in [5.41, 5.74) is 1.08. The molecule has 0 amide bonds. The van der Waals surface area contributed by atoms with Crippen LogP contribution in [0.1, 0.15) is 18.1 Å². The van der Waals surface area contributed by atoms with Crippen molar-refractivity contribution in [3.05, 3.63) is 29.3 Å². The highest BCUT2D eigenvalue weighted by atomic mass is 32.2. The predicted molar refractivity (Wildman–Crippen MR) is 58.9 cm³/mol. The van der Waals surface area contributed by atoms with E-state index in [0.717, 1.165) is 10.6 Å². The lowest BCUT2D eigenvalue weighted by Gasteiger charge is -2.07. The zero-order valence-electron chi connectivity index (χ0n) is 8.36. The average Bonchev–Trinajstić information content (AvgIpc) is 2.20. The van der Waals surface area contributed by atoms with Crippen LogP contribution in [0, 0.1) is 11.3 Å². The summed E-state index contributed by atoms with van der Waals surface area (Å²) in [6, 6.07) is 7.31. The molecule has 0 aliphatic carbocycles. The van der Waals surface area contributed by atoms with Gasteiger partial charge in [0.25, 0.3) is 0 Å². The van der Waals surface area contributed by atoms with E-state index in [2.05, 4.69) is 0 Å². The SMILES string of the molecule is CCSc1cccc(C#N)c1CC(=O)O. The first-order chi connectivity index (χ1) is 7.19. The molecule has 78 valence electrons. The van der Waals surface area contributed by atoms with E-state index in [-0.39, 0.29) is 6.42 Å². The van der Waals surface area contributed by atoms with Gasteiger partial charge in [-0.3, -0.25) is 4.79 Å². The second-order valence-electron chi connectivity index (χ2n) is 2.90. The molecule has 0 unspecified atom stereocenters. The van der Waals surface area contributed by atoms with E-state index in [4.69, 9.17) is 10.4 Å². The number of aliphatic carboxylic acids is 1. The number of benzene rings is 1. The standard InChI is InChI=1S/C11H11NO2S/c1-2-15-10-5-3-4-8(7-12)9(10)6-11(13)14/h3-5H,2,6H2,1H3,(H,13,14). The first-order valence-corrected chi connectivity index (χ1v) is 5.54. The van der Waals surface area contributed by atoms with Crippen LogP contribution in [0.2, 0.25) is 0 Å². The highest BCUT2D eigenvalue weighted by Gasteiger charge is 2.11. The maximum absolute atomic E-state index is 10.7. The van der Waals surface area contributed by atoms with E-state index >= 15 is 0 Å². The molecule has 4 heteroatoms. The van der Waals surface area contributed by atoms with Crippen LogP contribution in [0.5, 0.6) is 0 Å². The third kappa shape index (κ3) is 3.00. The Morgan fingerprint density at radius 1 is 1.60 bits per heavy atom. The van der Waals surface area contributed by atoms with E-state index in [1.54, 1.807) is 23.9 Å². The molecule has 0 saturated heterocycles. The molecule has 1 rings (SSSR count). The molecule has 0 spiro atoms. The van der Waals surface area contributed by atoms with Crippen molar-refractivity contribution in [3.8, 4) is 6.07 Å². The molecule has 1 aromatic rings. The molecular weight excluding hydrogens is 210 g/mol. The van der Waals surface area contributed by atoms with Crippen LogP contribution in [0.15, 0.2) is 23.1 Å². The lowest BCUT2D eigenvalue weighted by molar-refractivity contribution is -0.136. The van der Waals surface area contributed by atoms with Crippen LogP contribution in [0.25, 0.3) is 0 Å². The van der Waals surface area contributed by atoms with Gasteiger partial charge in [-0.25, -0.2) is 0 Å². The van der Waals surface area contributed by atoms with Crippen LogP contribution < -0.4 is 0 Å². The number of carboxylic acids is 1. The molecule has 1 N–H and O–H groups in total. The number of hydrogen-bond donors (Lipinski definition) is 1. The quantitative estimate of drug-likeness (QED) is 0.792. The van der Waals surface area contributed by atoms with Gasteiger partial charge >= 0.3 is 5.97 Å². The summed E-state index contributed by atoms with van der Waals surface area (Å²) in [5, 5.41) is 17.6. The number of thioether (sulfide) groups is 1. The van der Waals surface area contributed by atoms with Gasteiger partial charge in [0.2, 0.25) is 0 Å². The molecular formula is C11H11NO2S. The lowest BCUT2D eigenvalue weighted by atomic mass is 10.1. The van der Waals surface area contributed by atoms with Gasteiger partial charge in [0.15, 0.2) is 0 Å².